The van der Waals surface area contributed by atoms with Gasteiger partial charge >= 0.3 is 59.5 Å². The number of hydrogen-bond acceptors (Lipinski definition) is 0. The van der Waals surface area contributed by atoms with Crippen LogP contribution in [0.3, 0.4) is 0 Å². The van der Waals surface area contributed by atoms with Crippen molar-refractivity contribution in [2.75, 3.05) is 0 Å². The Bertz CT molecular complexity index is 1360. The van der Waals surface area contributed by atoms with Gasteiger partial charge in [-0.3, -0.25) is 6.08 Å². The van der Waals surface area contributed by atoms with Crippen LogP contribution in [0.5, 0.6) is 0 Å². The van der Waals surface area contributed by atoms with Crippen molar-refractivity contribution in [3.05, 3.63) is 99.6 Å². The summed E-state index contributed by atoms with van der Waals surface area (Å²) in [7, 11) is 0. The number of rotatable bonds is 0. The van der Waals surface area contributed by atoms with Gasteiger partial charge in [0.15, 0.2) is 0 Å². The predicted molar refractivity (Wildman–Crippen MR) is 166 cm³/mol. The van der Waals surface area contributed by atoms with Crippen LogP contribution in [0.2, 0.25) is 0 Å². The van der Waals surface area contributed by atoms with Crippen molar-refractivity contribution in [2.24, 2.45) is 0 Å². The molecule has 4 aliphatic carbocycles. The Morgan fingerprint density at radius 2 is 1.44 bits per heavy atom. The molecule has 1 fully saturated rings. The average molecular weight is 663 g/mol. The molecule has 0 amide bonds. The van der Waals surface area contributed by atoms with Crippen LogP contribution in [0.15, 0.2) is 54.6 Å². The van der Waals surface area contributed by atoms with Crippen molar-refractivity contribution < 1.29 is 49.0 Å². The fourth-order valence-electron chi connectivity index (χ4n) is 6.25. The predicted octanol–water partition coefficient (Wildman–Crippen LogP) is 4.05. The minimum atomic E-state index is 0. The molecule has 3 aromatic carbocycles. The van der Waals surface area contributed by atoms with Crippen molar-refractivity contribution in [3.8, 4) is 11.1 Å². The zero-order chi connectivity index (χ0) is 28.0. The second-order valence-electron chi connectivity index (χ2n) is 13.9. The first-order chi connectivity index (χ1) is 18.3. The summed E-state index contributed by atoms with van der Waals surface area (Å²) in [6.45, 7) is 15.8. The summed E-state index contributed by atoms with van der Waals surface area (Å²) in [5, 5.41) is 0. The Hall–Kier alpha value is -1.40. The molecule has 3 heteroatoms. The molecular weight excluding hydrogens is 619 g/mol. The summed E-state index contributed by atoms with van der Waals surface area (Å²) in [6, 6.07) is 18.2. The number of hydrogen-bond donors (Lipinski definition) is 0. The Balaban J connectivity index is 0.000000214. The molecule has 216 valence electrons. The van der Waals surface area contributed by atoms with E-state index >= 15 is 0 Å². The third kappa shape index (κ3) is 7.40. The van der Waals surface area contributed by atoms with Crippen molar-refractivity contribution in [1.29, 1.82) is 0 Å². The van der Waals surface area contributed by atoms with E-state index in [1.807, 2.05) is 0 Å². The monoisotopic (exact) mass is 660 g/mol. The summed E-state index contributed by atoms with van der Waals surface area (Å²) in [5.74, 6) is 0. The van der Waals surface area contributed by atoms with E-state index in [1.54, 1.807) is 27.4 Å². The van der Waals surface area contributed by atoms with Crippen LogP contribution in [0, 0.1) is 6.08 Å². The molecule has 0 spiro atoms. The topological polar surface area (TPSA) is 0 Å². The van der Waals surface area contributed by atoms with Crippen LogP contribution in [-0.4, -0.2) is 3.21 Å². The summed E-state index contributed by atoms with van der Waals surface area (Å²) in [6.07, 6.45) is 18.7. The summed E-state index contributed by atoms with van der Waals surface area (Å²) in [4.78, 5) is 0. The zero-order valence-electron chi connectivity index (χ0n) is 25.8. The molecule has 0 N–H and O–H groups in total. The molecule has 4 aliphatic rings. The van der Waals surface area contributed by atoms with Gasteiger partial charge in [-0.05, 0) is 45.9 Å². The van der Waals surface area contributed by atoms with Gasteiger partial charge in [0.05, 0.1) is 0 Å². The summed E-state index contributed by atoms with van der Waals surface area (Å²) >= 11 is 1.69. The molecule has 0 heterocycles. The minimum absolute atomic E-state index is 0. The van der Waals surface area contributed by atoms with Gasteiger partial charge in [0.2, 0.25) is 0 Å². The van der Waals surface area contributed by atoms with Gasteiger partial charge in [0, 0.05) is 5.41 Å². The van der Waals surface area contributed by atoms with Gasteiger partial charge in [-0.1, -0.05) is 83.6 Å². The molecule has 0 atom stereocenters. The van der Waals surface area contributed by atoms with Crippen LogP contribution in [0.4, 0.5) is 0 Å². The number of benzene rings is 2. The van der Waals surface area contributed by atoms with Crippen LogP contribution < -0.4 is 24.8 Å². The molecule has 0 saturated heterocycles. The second kappa shape index (κ2) is 13.1. The van der Waals surface area contributed by atoms with E-state index in [4.69, 9.17) is 0 Å². The Labute approximate surface area is 276 Å². The third-order valence-corrected chi connectivity index (χ3v) is 10.1. The molecule has 0 unspecified atom stereocenters. The first-order valence-corrected chi connectivity index (χ1v) is 16.0. The van der Waals surface area contributed by atoms with Gasteiger partial charge in [0.1, 0.15) is 0 Å². The van der Waals surface area contributed by atoms with Crippen LogP contribution >= 0.6 is 0 Å². The zero-order valence-corrected chi connectivity index (χ0v) is 29.8. The van der Waals surface area contributed by atoms with E-state index in [1.165, 1.54) is 82.2 Å². The van der Waals surface area contributed by atoms with Gasteiger partial charge in [0.25, 0.3) is 0 Å². The molecule has 0 radical (unpaired) electrons. The Kier molecular flexibility index (Phi) is 10.9. The molecule has 3 aromatic rings. The summed E-state index contributed by atoms with van der Waals surface area (Å²) in [5.41, 5.74) is 13.4. The standard InChI is InChI=1S/C23H21.C9H13.C6H10.2ClH.Zr/c1-22(2)7-5-14-10-18-16(12-20(14)22)9-17-13-21-15(11-19(17)18)6-8-23(21,3)4;1-9(2,3)8-6-4-5-7-8;1-2-4-6-5-3-1;;;/h5-7,10-13H,9H2,1-4H3;4-7H,1-3H3;1-5H2;2*1H;/q2*-1;;;;+2/p-2. The maximum absolute atomic E-state index is 3.50. The van der Waals surface area contributed by atoms with E-state index in [0.717, 1.165) is 6.42 Å². The molecule has 0 bridgehead atoms. The normalized spacial score (nSPS) is 17.9. The van der Waals surface area contributed by atoms with E-state index in [2.05, 4.69) is 121 Å². The number of fused-ring (bicyclic) bond motifs is 5. The molecule has 0 aliphatic heterocycles. The fourth-order valence-corrected chi connectivity index (χ4v) is 7.12. The third-order valence-electron chi connectivity index (χ3n) is 8.84. The van der Waals surface area contributed by atoms with E-state index in [-0.39, 0.29) is 35.6 Å². The van der Waals surface area contributed by atoms with Crippen molar-refractivity contribution in [1.82, 2.24) is 0 Å². The summed E-state index contributed by atoms with van der Waals surface area (Å²) < 4.78 is 1.80. The quantitative estimate of drug-likeness (QED) is 0.250. The van der Waals surface area contributed by atoms with Crippen molar-refractivity contribution in [2.45, 2.75) is 103 Å². The van der Waals surface area contributed by atoms with E-state index < -0.39 is 0 Å². The SMILES string of the molecule is CC(C)(C)c1cc[cH-]c1.CC1(C)[C-]=Cc2cc3c(cc21)Cc1cc2c(cc1-3)C=CC2(C)C.[Cl-].[Cl-].[Zr+2]=[C]1CCCCC1. The number of halogens is 2. The van der Waals surface area contributed by atoms with Crippen molar-refractivity contribution in [3.63, 3.8) is 0 Å². The molecule has 41 heavy (non-hydrogen) atoms. The molecule has 7 rings (SSSR count). The van der Waals surface area contributed by atoms with Crippen LogP contribution in [-0.2, 0) is 46.9 Å². The molecule has 1 saturated carbocycles. The molecule has 0 aromatic heterocycles. The van der Waals surface area contributed by atoms with Crippen LogP contribution in [0.25, 0.3) is 23.3 Å². The van der Waals surface area contributed by atoms with Crippen molar-refractivity contribution >= 4 is 15.4 Å². The Morgan fingerprint density at radius 1 is 0.829 bits per heavy atom. The number of allylic oxidation sites excluding steroid dienone is 2. The van der Waals surface area contributed by atoms with E-state index in [9.17, 15) is 0 Å². The molecule has 0 nitrogen and oxygen atoms in total. The maximum atomic E-state index is 3.50. The van der Waals surface area contributed by atoms with Gasteiger partial charge in [-0.2, -0.15) is 29.3 Å². The van der Waals surface area contributed by atoms with E-state index in [0.29, 0.717) is 5.41 Å². The average Bonchev–Trinajstić information content (AvgIpc) is 3.65. The second-order valence-corrected chi connectivity index (χ2v) is 15.7. The van der Waals surface area contributed by atoms with Gasteiger partial charge in [-0.15, -0.1) is 11.6 Å². The first-order valence-electron chi connectivity index (χ1n) is 14.8. The first kappa shape index (κ1) is 34.1. The fraction of sp³-hybridized carbons (Fsp3) is 0.421. The Morgan fingerprint density at radius 3 is 1.95 bits per heavy atom. The van der Waals surface area contributed by atoms with Gasteiger partial charge < -0.3 is 24.8 Å². The van der Waals surface area contributed by atoms with Gasteiger partial charge in [-0.25, -0.2) is 12.1 Å². The molecular formula is C38H44Cl2Zr-2. The van der Waals surface area contributed by atoms with Crippen LogP contribution in [0.1, 0.15) is 120 Å².